The number of halogens is 3. The molecule has 0 aliphatic carbocycles. The first kappa shape index (κ1) is 23.7. The average molecular weight is 422 g/mol. The second kappa shape index (κ2) is 11.0. The van der Waals surface area contributed by atoms with Gasteiger partial charge in [-0.25, -0.2) is 0 Å². The number of rotatable bonds is 10. The first-order valence-corrected chi connectivity index (χ1v) is 10.0. The van der Waals surface area contributed by atoms with Gasteiger partial charge in [0.1, 0.15) is 5.75 Å². The van der Waals surface area contributed by atoms with Crippen molar-refractivity contribution in [3.05, 3.63) is 54.1 Å². The molecule has 0 saturated heterocycles. The minimum absolute atomic E-state index is 0.00961. The Morgan fingerprint density at radius 1 is 1.03 bits per heavy atom. The molecule has 0 heterocycles. The Morgan fingerprint density at radius 3 is 2.10 bits per heavy atom. The number of carbonyl (C=O) groups is 1. The average Bonchev–Trinajstić information content (AvgIpc) is 2.70. The summed E-state index contributed by atoms with van der Waals surface area (Å²) >= 11 is 0. The van der Waals surface area contributed by atoms with Crippen LogP contribution in [0.1, 0.15) is 32.3 Å². The van der Waals surface area contributed by atoms with E-state index in [4.69, 9.17) is 10.5 Å². The topological polar surface area (TPSA) is 64.4 Å². The fraction of sp³-hybridized carbons (Fsp3) is 0.435. The number of hydrogen-bond donors (Lipinski definition) is 2. The zero-order chi connectivity index (χ0) is 22.1. The van der Waals surface area contributed by atoms with E-state index in [0.29, 0.717) is 25.4 Å². The van der Waals surface area contributed by atoms with E-state index in [1.54, 1.807) is 12.1 Å². The summed E-state index contributed by atoms with van der Waals surface area (Å²) in [6.45, 7) is 3.86. The lowest BCUT2D eigenvalue weighted by molar-refractivity contribution is -0.153. The highest BCUT2D eigenvalue weighted by molar-refractivity contribution is 5.76. The molecule has 1 atom stereocenters. The van der Waals surface area contributed by atoms with Gasteiger partial charge in [-0.1, -0.05) is 50.2 Å². The largest absolute Gasteiger partial charge is 0.484 e. The van der Waals surface area contributed by atoms with Crippen LogP contribution in [0.25, 0.3) is 11.1 Å². The number of hydrogen-bond acceptors (Lipinski definition) is 3. The maximum atomic E-state index is 12.2. The van der Waals surface area contributed by atoms with Crippen LogP contribution in [0.2, 0.25) is 0 Å². The molecule has 30 heavy (non-hydrogen) atoms. The van der Waals surface area contributed by atoms with Crippen LogP contribution in [0, 0.1) is 11.8 Å². The summed E-state index contributed by atoms with van der Waals surface area (Å²) in [5.41, 5.74) is 8.51. The Bertz CT molecular complexity index is 788. The van der Waals surface area contributed by atoms with Crippen molar-refractivity contribution in [2.75, 3.05) is 13.2 Å². The van der Waals surface area contributed by atoms with E-state index < -0.39 is 12.8 Å². The number of carbonyl (C=O) groups excluding carboxylic acids is 1. The molecule has 3 N–H and O–H groups in total. The summed E-state index contributed by atoms with van der Waals surface area (Å²) < 4.78 is 41.3. The molecular formula is C23H29F3N2O2. The molecule has 2 aromatic carbocycles. The van der Waals surface area contributed by atoms with Crippen LogP contribution in [0.3, 0.4) is 0 Å². The Balaban J connectivity index is 1.86. The summed E-state index contributed by atoms with van der Waals surface area (Å²) in [5.74, 6) is 0.855. The van der Waals surface area contributed by atoms with E-state index >= 15 is 0 Å². The molecule has 0 radical (unpaired) electrons. The number of alkyl halides is 3. The number of ether oxygens (including phenoxy) is 1. The van der Waals surface area contributed by atoms with Gasteiger partial charge in [0, 0.05) is 13.0 Å². The molecular weight excluding hydrogens is 393 g/mol. The molecule has 0 bridgehead atoms. The Labute approximate surface area is 175 Å². The molecule has 0 aliphatic heterocycles. The number of benzene rings is 2. The fourth-order valence-corrected chi connectivity index (χ4v) is 3.19. The molecule has 0 saturated carbocycles. The van der Waals surface area contributed by atoms with Gasteiger partial charge in [-0.05, 0) is 53.6 Å². The molecule has 0 fully saturated rings. The normalized spacial score (nSPS) is 12.6. The Hall–Kier alpha value is -2.54. The monoisotopic (exact) mass is 422 g/mol. The lowest BCUT2D eigenvalue weighted by Gasteiger charge is -2.16. The standard InChI is InChI=1S/C23H29F3N2O2/c1-16(2)11-18(13-27)12-22(29)28-14-17-3-5-19(6-4-17)20-7-9-21(10-8-20)30-15-23(24,25)26/h3-10,16,18H,11-15,27H2,1-2H3,(H,28,29). The molecule has 1 amide bonds. The molecule has 1 unspecified atom stereocenters. The van der Waals surface area contributed by atoms with Crippen molar-refractivity contribution in [2.45, 2.75) is 39.4 Å². The maximum Gasteiger partial charge on any atom is 0.422 e. The van der Waals surface area contributed by atoms with Crippen LogP contribution in [0.4, 0.5) is 13.2 Å². The predicted molar refractivity (Wildman–Crippen MR) is 112 cm³/mol. The van der Waals surface area contributed by atoms with E-state index in [1.165, 1.54) is 12.1 Å². The van der Waals surface area contributed by atoms with Gasteiger partial charge >= 0.3 is 6.18 Å². The summed E-state index contributed by atoms with van der Waals surface area (Å²) in [6.07, 6.45) is -3.00. The smallest absolute Gasteiger partial charge is 0.422 e. The molecule has 2 aromatic rings. The summed E-state index contributed by atoms with van der Waals surface area (Å²) in [6, 6.07) is 14.1. The summed E-state index contributed by atoms with van der Waals surface area (Å²) in [5, 5.41) is 2.93. The van der Waals surface area contributed by atoms with Gasteiger partial charge in [0.25, 0.3) is 0 Å². The van der Waals surface area contributed by atoms with Crippen LogP contribution in [-0.2, 0) is 11.3 Å². The molecule has 0 spiro atoms. The lowest BCUT2D eigenvalue weighted by atomic mass is 9.94. The van der Waals surface area contributed by atoms with Gasteiger partial charge in [-0.3, -0.25) is 4.79 Å². The van der Waals surface area contributed by atoms with Crippen molar-refractivity contribution in [2.24, 2.45) is 17.6 Å². The minimum atomic E-state index is -4.36. The Kier molecular flexibility index (Phi) is 8.72. The van der Waals surface area contributed by atoms with Gasteiger partial charge in [0.05, 0.1) is 0 Å². The van der Waals surface area contributed by atoms with Crippen molar-refractivity contribution >= 4 is 5.91 Å². The van der Waals surface area contributed by atoms with E-state index in [0.717, 1.165) is 23.1 Å². The highest BCUT2D eigenvalue weighted by Gasteiger charge is 2.28. The van der Waals surface area contributed by atoms with Gasteiger partial charge < -0.3 is 15.8 Å². The van der Waals surface area contributed by atoms with E-state index in [-0.39, 0.29) is 17.6 Å². The molecule has 0 aliphatic rings. The third-order valence-electron chi connectivity index (χ3n) is 4.65. The van der Waals surface area contributed by atoms with Crippen molar-refractivity contribution in [3.63, 3.8) is 0 Å². The summed E-state index contributed by atoms with van der Waals surface area (Å²) in [4.78, 5) is 12.2. The first-order valence-electron chi connectivity index (χ1n) is 10.0. The third-order valence-corrected chi connectivity index (χ3v) is 4.65. The zero-order valence-corrected chi connectivity index (χ0v) is 17.3. The van der Waals surface area contributed by atoms with Crippen molar-refractivity contribution in [1.82, 2.24) is 5.32 Å². The van der Waals surface area contributed by atoms with Gasteiger partial charge in [0.15, 0.2) is 6.61 Å². The van der Waals surface area contributed by atoms with Crippen LogP contribution >= 0.6 is 0 Å². The highest BCUT2D eigenvalue weighted by atomic mass is 19.4. The number of nitrogens with one attached hydrogen (secondary N) is 1. The van der Waals surface area contributed by atoms with E-state index in [9.17, 15) is 18.0 Å². The molecule has 2 rings (SSSR count). The second-order valence-electron chi connectivity index (χ2n) is 7.84. The number of nitrogens with two attached hydrogens (primary N) is 1. The van der Waals surface area contributed by atoms with E-state index in [1.807, 2.05) is 24.3 Å². The van der Waals surface area contributed by atoms with Crippen LogP contribution in [0.15, 0.2) is 48.5 Å². The Morgan fingerprint density at radius 2 is 1.60 bits per heavy atom. The van der Waals surface area contributed by atoms with Crippen LogP contribution < -0.4 is 15.8 Å². The van der Waals surface area contributed by atoms with Gasteiger partial charge in [0.2, 0.25) is 5.91 Å². The zero-order valence-electron chi connectivity index (χ0n) is 17.3. The minimum Gasteiger partial charge on any atom is -0.484 e. The molecule has 0 aromatic heterocycles. The molecule has 4 nitrogen and oxygen atoms in total. The SMILES string of the molecule is CC(C)CC(CN)CC(=O)NCc1ccc(-c2ccc(OCC(F)(F)F)cc2)cc1. The number of amides is 1. The van der Waals surface area contributed by atoms with E-state index in [2.05, 4.69) is 19.2 Å². The fourth-order valence-electron chi connectivity index (χ4n) is 3.19. The van der Waals surface area contributed by atoms with Gasteiger partial charge in [-0.2, -0.15) is 13.2 Å². The van der Waals surface area contributed by atoms with Crippen LogP contribution in [-0.4, -0.2) is 25.2 Å². The lowest BCUT2D eigenvalue weighted by Crippen LogP contribution is -2.28. The van der Waals surface area contributed by atoms with Crippen molar-refractivity contribution in [3.8, 4) is 16.9 Å². The van der Waals surface area contributed by atoms with Crippen LogP contribution in [0.5, 0.6) is 5.75 Å². The van der Waals surface area contributed by atoms with Crippen molar-refractivity contribution in [1.29, 1.82) is 0 Å². The molecule has 7 heteroatoms. The first-order chi connectivity index (χ1) is 14.2. The van der Waals surface area contributed by atoms with Crippen molar-refractivity contribution < 1.29 is 22.7 Å². The second-order valence-corrected chi connectivity index (χ2v) is 7.84. The molecule has 164 valence electrons. The predicted octanol–water partition coefficient (Wildman–Crippen LogP) is 4.92. The highest BCUT2D eigenvalue weighted by Crippen LogP contribution is 2.24. The third kappa shape index (κ3) is 8.45. The quantitative estimate of drug-likeness (QED) is 0.571. The van der Waals surface area contributed by atoms with Gasteiger partial charge in [-0.15, -0.1) is 0 Å². The summed E-state index contributed by atoms with van der Waals surface area (Å²) in [7, 11) is 0. The maximum absolute atomic E-state index is 12.2.